The third-order valence-electron chi connectivity index (χ3n) is 3.74. The molecule has 0 heterocycles. The molecule has 2 amide bonds. The molecule has 27 heavy (non-hydrogen) atoms. The molecule has 0 radical (unpaired) electrons. The van der Waals surface area contributed by atoms with Crippen molar-refractivity contribution in [3.8, 4) is 5.75 Å². The maximum atomic E-state index is 12.3. The van der Waals surface area contributed by atoms with Gasteiger partial charge in [-0.3, -0.25) is 19.2 Å². The number of amides is 2. The largest absolute Gasteiger partial charge is 0.508 e. The predicted octanol–water partition coefficient (Wildman–Crippen LogP) is -0.799. The molecule has 0 aromatic heterocycles. The van der Waals surface area contributed by atoms with Crippen LogP contribution in [-0.2, 0) is 25.6 Å². The number of carbonyl (C=O) groups is 4. The van der Waals surface area contributed by atoms with Crippen molar-refractivity contribution in [1.82, 2.24) is 10.6 Å². The summed E-state index contributed by atoms with van der Waals surface area (Å²) in [4.78, 5) is 46.0. The minimum absolute atomic E-state index is 0.0646. The third-order valence-corrected chi connectivity index (χ3v) is 3.74. The van der Waals surface area contributed by atoms with Crippen LogP contribution in [0.25, 0.3) is 0 Å². The molecule has 10 heteroatoms. The van der Waals surface area contributed by atoms with Crippen molar-refractivity contribution >= 4 is 23.8 Å². The van der Waals surface area contributed by atoms with Gasteiger partial charge in [0.15, 0.2) is 0 Å². The Morgan fingerprint density at radius 1 is 1.04 bits per heavy atom. The Labute approximate surface area is 155 Å². The normalized spacial score (nSPS) is 13.9. The molecule has 1 rings (SSSR count). The molecule has 0 saturated heterocycles. The Hall–Kier alpha value is -3.14. The van der Waals surface area contributed by atoms with E-state index in [1.165, 1.54) is 19.1 Å². The molecular weight excluding hydrogens is 358 g/mol. The van der Waals surface area contributed by atoms with Crippen molar-refractivity contribution in [3.63, 3.8) is 0 Å². The smallest absolute Gasteiger partial charge is 0.325 e. The zero-order chi connectivity index (χ0) is 20.6. The number of carboxylic acid groups (broad SMARTS) is 2. The molecule has 0 aliphatic carbocycles. The lowest BCUT2D eigenvalue weighted by atomic mass is 10.0. The van der Waals surface area contributed by atoms with E-state index in [0.29, 0.717) is 5.56 Å². The third kappa shape index (κ3) is 7.74. The van der Waals surface area contributed by atoms with Crippen molar-refractivity contribution in [2.45, 2.75) is 44.3 Å². The number of rotatable bonds is 10. The Morgan fingerprint density at radius 2 is 1.63 bits per heavy atom. The lowest BCUT2D eigenvalue weighted by Gasteiger charge is -2.21. The molecule has 0 aliphatic rings. The van der Waals surface area contributed by atoms with Crippen molar-refractivity contribution in [2.75, 3.05) is 0 Å². The number of aromatic hydroxyl groups is 1. The van der Waals surface area contributed by atoms with Gasteiger partial charge in [0.2, 0.25) is 11.8 Å². The Morgan fingerprint density at radius 3 is 2.15 bits per heavy atom. The van der Waals surface area contributed by atoms with Crippen LogP contribution in [-0.4, -0.2) is 57.2 Å². The summed E-state index contributed by atoms with van der Waals surface area (Å²) in [6.07, 6.45) is -0.483. The molecule has 0 bridgehead atoms. The van der Waals surface area contributed by atoms with E-state index in [1.54, 1.807) is 12.1 Å². The summed E-state index contributed by atoms with van der Waals surface area (Å²) in [7, 11) is 0. The zero-order valence-corrected chi connectivity index (χ0v) is 14.7. The summed E-state index contributed by atoms with van der Waals surface area (Å²) >= 11 is 0. The van der Waals surface area contributed by atoms with E-state index >= 15 is 0 Å². The molecule has 0 saturated carbocycles. The highest BCUT2D eigenvalue weighted by atomic mass is 16.4. The van der Waals surface area contributed by atoms with E-state index in [2.05, 4.69) is 10.6 Å². The predicted molar refractivity (Wildman–Crippen MR) is 93.8 cm³/mol. The van der Waals surface area contributed by atoms with Gasteiger partial charge >= 0.3 is 11.9 Å². The SMILES string of the molecule is C[C@H](NC(=O)[C@H](CCC(=O)O)NC(=O)[C@@H](N)Cc1ccc(O)cc1)C(=O)O. The topological polar surface area (TPSA) is 179 Å². The van der Waals surface area contributed by atoms with Crippen LogP contribution in [0.5, 0.6) is 5.75 Å². The molecule has 0 fully saturated rings. The molecule has 0 spiro atoms. The average Bonchev–Trinajstić information content (AvgIpc) is 2.59. The highest BCUT2D eigenvalue weighted by Gasteiger charge is 2.26. The van der Waals surface area contributed by atoms with Crippen LogP contribution in [0.15, 0.2) is 24.3 Å². The van der Waals surface area contributed by atoms with Gasteiger partial charge < -0.3 is 31.7 Å². The first-order chi connectivity index (χ1) is 12.6. The van der Waals surface area contributed by atoms with Crippen LogP contribution in [0.1, 0.15) is 25.3 Å². The molecule has 1 aromatic carbocycles. The van der Waals surface area contributed by atoms with E-state index in [9.17, 15) is 24.3 Å². The number of benzene rings is 1. The lowest BCUT2D eigenvalue weighted by molar-refractivity contribution is -0.142. The fraction of sp³-hybridized carbons (Fsp3) is 0.412. The van der Waals surface area contributed by atoms with Crippen molar-refractivity contribution in [2.24, 2.45) is 5.73 Å². The monoisotopic (exact) mass is 381 g/mol. The first kappa shape index (κ1) is 21.9. The number of hydrogen-bond acceptors (Lipinski definition) is 6. The molecule has 3 atom stereocenters. The van der Waals surface area contributed by atoms with Crippen molar-refractivity contribution < 1.29 is 34.5 Å². The first-order valence-corrected chi connectivity index (χ1v) is 8.19. The quantitative estimate of drug-likeness (QED) is 0.305. The maximum Gasteiger partial charge on any atom is 0.325 e. The van der Waals surface area contributed by atoms with Gasteiger partial charge in [0.25, 0.3) is 0 Å². The molecular formula is C17H23N3O7. The van der Waals surface area contributed by atoms with Crippen LogP contribution in [0, 0.1) is 0 Å². The van der Waals surface area contributed by atoms with Crippen LogP contribution in [0.3, 0.4) is 0 Å². The second kappa shape index (κ2) is 10.1. The number of hydrogen-bond donors (Lipinski definition) is 6. The van der Waals surface area contributed by atoms with Gasteiger partial charge in [-0.15, -0.1) is 0 Å². The molecule has 0 aliphatic heterocycles. The van der Waals surface area contributed by atoms with Gasteiger partial charge in [-0.25, -0.2) is 0 Å². The Bertz CT molecular complexity index is 690. The number of phenolic OH excluding ortho intramolecular Hbond substituents is 1. The van der Waals surface area contributed by atoms with Crippen molar-refractivity contribution in [1.29, 1.82) is 0 Å². The molecule has 1 aromatic rings. The number of carbonyl (C=O) groups excluding carboxylic acids is 2. The van der Waals surface area contributed by atoms with Gasteiger partial charge in [0.05, 0.1) is 6.04 Å². The number of phenols is 1. The highest BCUT2D eigenvalue weighted by Crippen LogP contribution is 2.11. The molecule has 7 N–H and O–H groups in total. The second-order valence-corrected chi connectivity index (χ2v) is 6.04. The van der Waals surface area contributed by atoms with Crippen LogP contribution in [0.4, 0.5) is 0 Å². The minimum Gasteiger partial charge on any atom is -0.508 e. The first-order valence-electron chi connectivity index (χ1n) is 8.19. The minimum atomic E-state index is -1.27. The van der Waals surface area contributed by atoms with E-state index in [1.807, 2.05) is 0 Å². The van der Waals surface area contributed by atoms with E-state index in [0.717, 1.165) is 0 Å². The number of carboxylic acids is 2. The van der Waals surface area contributed by atoms with Gasteiger partial charge in [-0.2, -0.15) is 0 Å². The summed E-state index contributed by atoms with van der Waals surface area (Å²) < 4.78 is 0. The van der Waals surface area contributed by atoms with E-state index in [4.69, 9.17) is 15.9 Å². The van der Waals surface area contributed by atoms with Crippen molar-refractivity contribution in [3.05, 3.63) is 29.8 Å². The molecule has 10 nitrogen and oxygen atoms in total. The summed E-state index contributed by atoms with van der Waals surface area (Å²) in [6.45, 7) is 1.24. The number of aliphatic carboxylic acids is 2. The fourth-order valence-corrected chi connectivity index (χ4v) is 2.17. The van der Waals surface area contributed by atoms with Gasteiger partial charge in [0.1, 0.15) is 17.8 Å². The standard InChI is InChI=1S/C17H23N3O7/c1-9(17(26)27)19-16(25)13(6-7-14(22)23)20-15(24)12(18)8-10-2-4-11(21)5-3-10/h2-5,9,12-13,21H,6-8,18H2,1H3,(H,19,25)(H,20,24)(H,22,23)(H,26,27)/t9-,12-,13-/m0/s1. The zero-order valence-electron chi connectivity index (χ0n) is 14.7. The maximum absolute atomic E-state index is 12.3. The van der Waals surface area contributed by atoms with Crippen LogP contribution in [0.2, 0.25) is 0 Å². The lowest BCUT2D eigenvalue weighted by Crippen LogP contribution is -2.54. The van der Waals surface area contributed by atoms with Gasteiger partial charge in [-0.1, -0.05) is 12.1 Å². The summed E-state index contributed by atoms with van der Waals surface area (Å²) in [5.74, 6) is -3.86. The van der Waals surface area contributed by atoms with Gasteiger partial charge in [-0.05, 0) is 37.5 Å². The Balaban J connectivity index is 2.74. The molecule has 148 valence electrons. The van der Waals surface area contributed by atoms with E-state index in [-0.39, 0.29) is 18.6 Å². The fourth-order valence-electron chi connectivity index (χ4n) is 2.17. The highest BCUT2D eigenvalue weighted by molar-refractivity contribution is 5.92. The van der Waals surface area contributed by atoms with E-state index < -0.39 is 48.3 Å². The average molecular weight is 381 g/mol. The van der Waals surface area contributed by atoms with Gasteiger partial charge in [0, 0.05) is 6.42 Å². The second-order valence-electron chi connectivity index (χ2n) is 6.04. The molecule has 0 unspecified atom stereocenters. The van der Waals surface area contributed by atoms with Crippen LogP contribution >= 0.6 is 0 Å². The number of nitrogens with one attached hydrogen (secondary N) is 2. The summed E-state index contributed by atoms with van der Waals surface area (Å²) in [5.41, 5.74) is 6.51. The van der Waals surface area contributed by atoms with Crippen LogP contribution < -0.4 is 16.4 Å². The number of nitrogens with two attached hydrogens (primary N) is 1. The summed E-state index contributed by atoms with van der Waals surface area (Å²) in [6, 6.07) is 2.60. The summed E-state index contributed by atoms with van der Waals surface area (Å²) in [5, 5.41) is 31.4. The Kier molecular flexibility index (Phi) is 8.21.